The summed E-state index contributed by atoms with van der Waals surface area (Å²) >= 11 is 0. The quantitative estimate of drug-likeness (QED) is 0.0262. The fourth-order valence-corrected chi connectivity index (χ4v) is 6.80. The molecule has 0 saturated heterocycles. The molecule has 0 aromatic carbocycles. The third-order valence-electron chi connectivity index (χ3n) is 10.9. The van der Waals surface area contributed by atoms with Gasteiger partial charge in [0.2, 0.25) is 0 Å². The number of carbonyl (C=O) groups is 3. The minimum atomic E-state index is -0.863. The first-order valence-corrected chi connectivity index (χ1v) is 28.3. The second-order valence-corrected chi connectivity index (χ2v) is 17.7. The highest BCUT2D eigenvalue weighted by Crippen LogP contribution is 2.12. The van der Waals surface area contributed by atoms with E-state index in [0.29, 0.717) is 19.3 Å². The molecule has 1 atom stereocenters. The van der Waals surface area contributed by atoms with Crippen molar-refractivity contribution in [1.82, 2.24) is 0 Å². The molecule has 0 aliphatic heterocycles. The topological polar surface area (TPSA) is 78.9 Å². The fourth-order valence-electron chi connectivity index (χ4n) is 6.80. The van der Waals surface area contributed by atoms with E-state index in [9.17, 15) is 14.4 Å². The fraction of sp³-hybridized carbons (Fsp3) is 0.507. The van der Waals surface area contributed by atoms with Crippen molar-refractivity contribution in [3.05, 3.63) is 182 Å². The van der Waals surface area contributed by atoms with Gasteiger partial charge in [0, 0.05) is 19.3 Å². The maximum atomic E-state index is 12.8. The lowest BCUT2D eigenvalue weighted by Gasteiger charge is -2.18. The molecule has 0 aliphatic rings. The Morgan fingerprint density at radius 2 is 0.521 bits per heavy atom. The first-order valence-electron chi connectivity index (χ1n) is 28.3. The lowest BCUT2D eigenvalue weighted by atomic mass is 10.1. The molecule has 404 valence electrons. The van der Waals surface area contributed by atoms with Gasteiger partial charge in [0.1, 0.15) is 13.2 Å². The summed E-state index contributed by atoms with van der Waals surface area (Å²) in [5.74, 6) is -1.14. The van der Waals surface area contributed by atoms with Crippen LogP contribution in [0.3, 0.4) is 0 Å². The average molecular weight is 1000 g/mol. The van der Waals surface area contributed by atoms with Gasteiger partial charge in [-0.2, -0.15) is 0 Å². The van der Waals surface area contributed by atoms with Crippen LogP contribution in [-0.4, -0.2) is 37.2 Å². The number of ether oxygens (including phenoxy) is 3. The van der Waals surface area contributed by atoms with Crippen LogP contribution in [0.2, 0.25) is 0 Å². The van der Waals surface area contributed by atoms with Crippen LogP contribution >= 0.6 is 0 Å². The van der Waals surface area contributed by atoms with E-state index < -0.39 is 12.1 Å². The van der Waals surface area contributed by atoms with Crippen LogP contribution in [0, 0.1) is 0 Å². The van der Waals surface area contributed by atoms with E-state index in [-0.39, 0.29) is 38.0 Å². The Morgan fingerprint density at radius 1 is 0.274 bits per heavy atom. The maximum absolute atomic E-state index is 12.8. The van der Waals surface area contributed by atoms with Gasteiger partial charge in [-0.25, -0.2) is 0 Å². The van der Waals surface area contributed by atoms with Crippen molar-refractivity contribution in [2.45, 2.75) is 207 Å². The summed E-state index contributed by atoms with van der Waals surface area (Å²) in [6.45, 7) is 6.13. The third kappa shape index (κ3) is 57.3. The van der Waals surface area contributed by atoms with Crippen molar-refractivity contribution >= 4 is 17.9 Å². The van der Waals surface area contributed by atoms with Gasteiger partial charge in [0.05, 0.1) is 0 Å². The minimum absolute atomic E-state index is 0.146. The standard InChI is InChI=1S/C67H100O6/c1-4-7-10-13-16-19-22-25-27-29-31-32-33-34-36-37-39-42-45-48-51-54-57-60-66(69)72-63-64(62-71-65(68)59-56-53-50-47-44-41-24-21-18-15-12-9-6-3)73-67(70)61-58-55-52-49-46-43-40-38-35-30-28-26-23-20-17-14-11-8-5-2/h7-12,16-21,25-28,31-32,34-36,38,41,43-44,46,50,52-53,55,64H,4-6,13-15,22-24,29-30,33,37,39-40,42,45,47-49,51,54,56-63H2,1-3H3/b10-7-,11-8-,12-9-,19-16-,20-17-,21-18-,27-25-,28-26-,32-31-,36-34-,38-35-,44-41-,46-43-,53-50-,55-52-. The first kappa shape index (κ1) is 67.5. The monoisotopic (exact) mass is 1000 g/mol. The van der Waals surface area contributed by atoms with Crippen molar-refractivity contribution < 1.29 is 28.6 Å². The highest BCUT2D eigenvalue weighted by Gasteiger charge is 2.19. The Balaban J connectivity index is 4.58. The average Bonchev–Trinajstić information content (AvgIpc) is 3.39. The molecule has 1 unspecified atom stereocenters. The third-order valence-corrected chi connectivity index (χ3v) is 10.9. The van der Waals surface area contributed by atoms with Crippen LogP contribution in [0.15, 0.2) is 182 Å². The molecule has 0 aliphatic carbocycles. The lowest BCUT2D eigenvalue weighted by Crippen LogP contribution is -2.30. The van der Waals surface area contributed by atoms with Crippen LogP contribution in [0.5, 0.6) is 0 Å². The molecule has 0 aromatic rings. The largest absolute Gasteiger partial charge is 0.462 e. The molecule has 0 aromatic heterocycles. The molecule has 6 nitrogen and oxygen atoms in total. The van der Waals surface area contributed by atoms with Gasteiger partial charge >= 0.3 is 17.9 Å². The van der Waals surface area contributed by atoms with Crippen molar-refractivity contribution in [2.24, 2.45) is 0 Å². The predicted molar refractivity (Wildman–Crippen MR) is 315 cm³/mol. The Hall–Kier alpha value is -5.49. The molecule has 0 heterocycles. The number of carbonyl (C=O) groups excluding carboxylic acids is 3. The van der Waals surface area contributed by atoms with Crippen molar-refractivity contribution in [3.63, 3.8) is 0 Å². The van der Waals surface area contributed by atoms with Crippen LogP contribution in [0.4, 0.5) is 0 Å². The number of rotatable bonds is 48. The molecule has 0 amide bonds. The number of esters is 3. The molecule has 73 heavy (non-hydrogen) atoms. The van der Waals surface area contributed by atoms with Gasteiger partial charge in [-0.3, -0.25) is 14.4 Å². The van der Waals surface area contributed by atoms with Gasteiger partial charge in [0.25, 0.3) is 0 Å². The normalized spacial score (nSPS) is 13.5. The summed E-state index contributed by atoms with van der Waals surface area (Å²) in [6.07, 6.45) is 89.1. The number of hydrogen-bond acceptors (Lipinski definition) is 6. The number of unbranched alkanes of at least 4 members (excludes halogenated alkanes) is 7. The molecular formula is C67H100O6. The summed E-state index contributed by atoms with van der Waals surface area (Å²) in [5.41, 5.74) is 0. The van der Waals surface area contributed by atoms with Gasteiger partial charge in [-0.15, -0.1) is 0 Å². The zero-order valence-electron chi connectivity index (χ0n) is 46.1. The van der Waals surface area contributed by atoms with Gasteiger partial charge in [-0.05, 0) is 128 Å². The lowest BCUT2D eigenvalue weighted by molar-refractivity contribution is -0.166. The van der Waals surface area contributed by atoms with Gasteiger partial charge < -0.3 is 14.2 Å². The van der Waals surface area contributed by atoms with Crippen LogP contribution in [-0.2, 0) is 28.6 Å². The highest BCUT2D eigenvalue weighted by molar-refractivity contribution is 5.71. The van der Waals surface area contributed by atoms with E-state index in [0.717, 1.165) is 128 Å². The summed E-state index contributed by atoms with van der Waals surface area (Å²) in [7, 11) is 0. The first-order chi connectivity index (χ1) is 36.0. The molecule has 0 rings (SSSR count). The van der Waals surface area contributed by atoms with Crippen molar-refractivity contribution in [2.75, 3.05) is 13.2 Å². The molecule has 0 bridgehead atoms. The Morgan fingerprint density at radius 3 is 0.849 bits per heavy atom. The summed E-state index contributed by atoms with van der Waals surface area (Å²) in [4.78, 5) is 38.1. The van der Waals surface area contributed by atoms with E-state index in [1.54, 1.807) is 0 Å². The van der Waals surface area contributed by atoms with Crippen molar-refractivity contribution in [1.29, 1.82) is 0 Å². The molecule has 0 spiro atoms. The summed E-state index contributed by atoms with van der Waals surface area (Å²) < 4.78 is 16.7. The van der Waals surface area contributed by atoms with E-state index in [2.05, 4.69) is 179 Å². The Bertz CT molecular complexity index is 1770. The summed E-state index contributed by atoms with van der Waals surface area (Å²) in [5, 5.41) is 0. The second-order valence-electron chi connectivity index (χ2n) is 17.7. The SMILES string of the molecule is CC/C=C\C/C=C\C/C=C\C/C=C\C/C=C\C/C=C\CCC(=O)OC(COC(=O)CC/C=C\C/C=C\C/C=C\C/C=C\CC)COC(=O)CCCCCCCCC/C=C\C/C=C\C/C=C\C/C=C\C/C=C\CC. The van der Waals surface area contributed by atoms with E-state index >= 15 is 0 Å². The minimum Gasteiger partial charge on any atom is -0.462 e. The Labute approximate surface area is 446 Å². The molecular weight excluding hydrogens is 901 g/mol. The van der Waals surface area contributed by atoms with E-state index in [1.807, 2.05) is 24.3 Å². The van der Waals surface area contributed by atoms with Crippen LogP contribution < -0.4 is 0 Å². The van der Waals surface area contributed by atoms with Crippen molar-refractivity contribution in [3.8, 4) is 0 Å². The molecule has 0 fully saturated rings. The number of allylic oxidation sites excluding steroid dienone is 30. The number of hydrogen-bond donors (Lipinski definition) is 0. The van der Waals surface area contributed by atoms with Crippen LogP contribution in [0.1, 0.15) is 201 Å². The second kappa shape index (κ2) is 59.1. The smallest absolute Gasteiger partial charge is 0.306 e. The summed E-state index contributed by atoms with van der Waals surface area (Å²) in [6, 6.07) is 0. The zero-order chi connectivity index (χ0) is 52.9. The van der Waals surface area contributed by atoms with Gasteiger partial charge in [-0.1, -0.05) is 235 Å². The predicted octanol–water partition coefficient (Wildman–Crippen LogP) is 19.3. The maximum Gasteiger partial charge on any atom is 0.306 e. The van der Waals surface area contributed by atoms with Gasteiger partial charge in [0.15, 0.2) is 6.10 Å². The molecule has 0 radical (unpaired) electrons. The highest BCUT2D eigenvalue weighted by atomic mass is 16.6. The van der Waals surface area contributed by atoms with E-state index in [4.69, 9.17) is 14.2 Å². The molecule has 0 N–H and O–H groups in total. The Kier molecular flexibility index (Phi) is 54.6. The molecule has 0 saturated carbocycles. The van der Waals surface area contributed by atoms with Crippen LogP contribution in [0.25, 0.3) is 0 Å². The zero-order valence-corrected chi connectivity index (χ0v) is 46.1. The van der Waals surface area contributed by atoms with E-state index in [1.165, 1.54) is 19.3 Å². The molecule has 6 heteroatoms.